The summed E-state index contributed by atoms with van der Waals surface area (Å²) in [5, 5.41) is 3.02. The third-order valence-electron chi connectivity index (χ3n) is 10.3. The maximum atomic E-state index is 12.8. The Morgan fingerprint density at radius 1 is 0.311 bits per heavy atom. The molecule has 0 amide bonds. The molecular weight excluding hydrogens is 783 g/mol. The summed E-state index contributed by atoms with van der Waals surface area (Å²) in [5.74, 6) is -2.70. The quantitative estimate of drug-likeness (QED) is 0.0349. The predicted octanol–water partition coefficient (Wildman–Crippen LogP) is 10.4. The fourth-order valence-corrected chi connectivity index (χ4v) is 6.46. The van der Waals surface area contributed by atoms with Crippen LogP contribution in [0.1, 0.15) is 220 Å². The van der Waals surface area contributed by atoms with Crippen molar-refractivity contribution in [3.63, 3.8) is 0 Å². The lowest BCUT2D eigenvalue weighted by atomic mass is 10.1. The summed E-state index contributed by atoms with van der Waals surface area (Å²) in [6.07, 6.45) is 23.9. The van der Waals surface area contributed by atoms with Crippen molar-refractivity contribution in [2.24, 2.45) is 0 Å². The zero-order chi connectivity index (χ0) is 45.0. The smallest absolute Gasteiger partial charge is 0.307 e. The van der Waals surface area contributed by atoms with Crippen LogP contribution >= 0.6 is 0 Å². The maximum absolute atomic E-state index is 12.8. The van der Waals surface area contributed by atoms with Gasteiger partial charge in [-0.05, 0) is 25.7 Å². The van der Waals surface area contributed by atoms with Gasteiger partial charge in [-0.2, -0.15) is 0 Å². The average molecular weight is 870 g/mol. The van der Waals surface area contributed by atoms with Crippen LogP contribution in [0.4, 0.5) is 0 Å². The monoisotopic (exact) mass is 870 g/mol. The van der Waals surface area contributed by atoms with E-state index in [0.29, 0.717) is 0 Å². The molecule has 0 bridgehead atoms. The van der Waals surface area contributed by atoms with Gasteiger partial charge in [0, 0.05) is 38.8 Å². The van der Waals surface area contributed by atoms with E-state index in [2.05, 4.69) is 33.0 Å². The standard InChI is InChI=1S/C48H87NO12/c1-5-9-13-17-21-25-29-43(50)56-37-41(38-57-44(51)30-26-22-18-14-10-6-2)60-47(54)33-35-49-36-34-48(55)61-42(39-58-45(52)31-27-23-19-15-11-7-3)40-59-46(53)32-28-24-20-16-12-8-4/h41-42,49H,5-40H2,1-4H3. The number of rotatable bonds is 44. The summed E-state index contributed by atoms with van der Waals surface area (Å²) in [6.45, 7) is 8.13. The number of carbonyl (C=O) groups is 6. The van der Waals surface area contributed by atoms with Gasteiger partial charge in [0.1, 0.15) is 26.4 Å². The molecule has 13 nitrogen and oxygen atoms in total. The number of unbranched alkanes of at least 4 members (excludes halogenated alkanes) is 20. The Hall–Kier alpha value is -3.22. The molecule has 0 fully saturated rings. The van der Waals surface area contributed by atoms with E-state index >= 15 is 0 Å². The highest BCUT2D eigenvalue weighted by molar-refractivity contribution is 5.72. The van der Waals surface area contributed by atoms with Gasteiger partial charge in [-0.15, -0.1) is 0 Å². The molecule has 0 heterocycles. The van der Waals surface area contributed by atoms with E-state index in [0.717, 1.165) is 128 Å². The summed E-state index contributed by atoms with van der Waals surface area (Å²) in [6, 6.07) is 0. The predicted molar refractivity (Wildman–Crippen MR) is 238 cm³/mol. The number of ether oxygens (including phenoxy) is 6. The SMILES string of the molecule is CCCCCCCCC(=O)OCC(COC(=O)CCCCCCCC)OC(=O)CCNCCC(=O)OC(COC(=O)CCCCCCCC)COC(=O)CCCCCCCC. The first-order chi connectivity index (χ1) is 29.6. The Labute approximate surface area is 369 Å². The van der Waals surface area contributed by atoms with E-state index < -0.39 is 24.1 Å². The molecule has 13 heteroatoms. The van der Waals surface area contributed by atoms with Gasteiger partial charge in [0.15, 0.2) is 12.2 Å². The van der Waals surface area contributed by atoms with E-state index in [9.17, 15) is 28.8 Å². The minimum Gasteiger partial charge on any atom is -0.462 e. The van der Waals surface area contributed by atoms with Gasteiger partial charge >= 0.3 is 35.8 Å². The van der Waals surface area contributed by atoms with E-state index in [1.165, 1.54) is 25.7 Å². The van der Waals surface area contributed by atoms with Gasteiger partial charge in [0.05, 0.1) is 12.8 Å². The van der Waals surface area contributed by atoms with Crippen LogP contribution in [0.15, 0.2) is 0 Å². The molecule has 0 unspecified atom stereocenters. The molecule has 0 aliphatic heterocycles. The molecule has 0 aromatic heterocycles. The second kappa shape index (κ2) is 43.4. The van der Waals surface area contributed by atoms with Crippen molar-refractivity contribution < 1.29 is 57.2 Å². The number of esters is 6. The van der Waals surface area contributed by atoms with Crippen molar-refractivity contribution in [2.75, 3.05) is 39.5 Å². The Bertz CT molecular complexity index is 968. The second-order valence-corrected chi connectivity index (χ2v) is 16.3. The zero-order valence-electron chi connectivity index (χ0n) is 39.0. The molecule has 0 aliphatic rings. The molecule has 0 aliphatic carbocycles. The first-order valence-corrected chi connectivity index (χ1v) is 24.4. The third kappa shape index (κ3) is 40.6. The van der Waals surface area contributed by atoms with Crippen molar-refractivity contribution in [3.8, 4) is 0 Å². The largest absolute Gasteiger partial charge is 0.462 e. The van der Waals surface area contributed by atoms with Crippen LogP contribution < -0.4 is 5.32 Å². The van der Waals surface area contributed by atoms with Gasteiger partial charge in [-0.25, -0.2) is 0 Å². The van der Waals surface area contributed by atoms with Crippen molar-refractivity contribution >= 4 is 35.8 Å². The minimum atomic E-state index is -0.943. The van der Waals surface area contributed by atoms with Gasteiger partial charge in [0.25, 0.3) is 0 Å². The van der Waals surface area contributed by atoms with Gasteiger partial charge in [-0.3, -0.25) is 28.8 Å². The van der Waals surface area contributed by atoms with Gasteiger partial charge in [0.2, 0.25) is 0 Å². The van der Waals surface area contributed by atoms with Gasteiger partial charge < -0.3 is 33.7 Å². The summed E-state index contributed by atoms with van der Waals surface area (Å²) in [5.41, 5.74) is 0. The van der Waals surface area contributed by atoms with Crippen LogP contribution in [0.2, 0.25) is 0 Å². The van der Waals surface area contributed by atoms with Crippen LogP contribution in [0.3, 0.4) is 0 Å². The first-order valence-electron chi connectivity index (χ1n) is 24.4. The topological polar surface area (TPSA) is 170 Å². The Morgan fingerprint density at radius 2 is 0.541 bits per heavy atom. The lowest BCUT2D eigenvalue weighted by Gasteiger charge is -2.19. The Kier molecular flexibility index (Phi) is 41.1. The average Bonchev–Trinajstić information content (AvgIpc) is 3.24. The fourth-order valence-electron chi connectivity index (χ4n) is 6.46. The number of nitrogens with one attached hydrogen (secondary N) is 1. The van der Waals surface area contributed by atoms with Crippen molar-refractivity contribution in [1.82, 2.24) is 5.32 Å². The lowest BCUT2D eigenvalue weighted by molar-refractivity contribution is -0.167. The molecule has 61 heavy (non-hydrogen) atoms. The normalized spacial score (nSPS) is 11.1. The van der Waals surface area contributed by atoms with Crippen LogP contribution in [0, 0.1) is 0 Å². The molecule has 0 spiro atoms. The molecule has 0 aromatic rings. The molecule has 0 saturated heterocycles. The Balaban J connectivity index is 4.91. The molecule has 0 radical (unpaired) electrons. The van der Waals surface area contributed by atoms with E-state index in [-0.39, 0.29) is 102 Å². The first kappa shape index (κ1) is 57.8. The molecule has 356 valence electrons. The number of hydrogen-bond donors (Lipinski definition) is 1. The number of carbonyl (C=O) groups excluding carboxylic acids is 6. The molecular formula is C48H87NO12. The molecule has 0 aromatic carbocycles. The molecule has 1 N–H and O–H groups in total. The minimum absolute atomic E-state index is 0.0469. The van der Waals surface area contributed by atoms with Crippen LogP contribution in [0.25, 0.3) is 0 Å². The van der Waals surface area contributed by atoms with Crippen LogP contribution in [-0.2, 0) is 57.2 Å². The van der Waals surface area contributed by atoms with E-state index in [4.69, 9.17) is 28.4 Å². The summed E-state index contributed by atoms with van der Waals surface area (Å²) in [4.78, 5) is 75.1. The highest BCUT2D eigenvalue weighted by atomic mass is 16.6. The summed E-state index contributed by atoms with van der Waals surface area (Å²) in [7, 11) is 0. The van der Waals surface area contributed by atoms with Crippen LogP contribution in [0.5, 0.6) is 0 Å². The maximum Gasteiger partial charge on any atom is 0.307 e. The summed E-state index contributed by atoms with van der Waals surface area (Å²) < 4.78 is 32.7. The third-order valence-corrected chi connectivity index (χ3v) is 10.3. The zero-order valence-corrected chi connectivity index (χ0v) is 39.0. The van der Waals surface area contributed by atoms with Gasteiger partial charge in [-0.1, -0.05) is 156 Å². The molecule has 0 saturated carbocycles. The number of hydrogen-bond acceptors (Lipinski definition) is 13. The molecule has 0 rings (SSSR count). The van der Waals surface area contributed by atoms with Crippen molar-refractivity contribution in [1.29, 1.82) is 0 Å². The van der Waals surface area contributed by atoms with Crippen molar-refractivity contribution in [3.05, 3.63) is 0 Å². The highest BCUT2D eigenvalue weighted by Gasteiger charge is 2.21. The lowest BCUT2D eigenvalue weighted by Crippen LogP contribution is -2.33. The van der Waals surface area contributed by atoms with Crippen LogP contribution in [-0.4, -0.2) is 87.5 Å². The Morgan fingerprint density at radius 3 is 0.787 bits per heavy atom. The van der Waals surface area contributed by atoms with Crippen molar-refractivity contribution in [2.45, 2.75) is 233 Å². The highest BCUT2D eigenvalue weighted by Crippen LogP contribution is 2.12. The molecule has 0 atom stereocenters. The second-order valence-electron chi connectivity index (χ2n) is 16.3. The van der Waals surface area contributed by atoms with E-state index in [1.54, 1.807) is 0 Å². The fraction of sp³-hybridized carbons (Fsp3) is 0.875. The summed E-state index contributed by atoms with van der Waals surface area (Å²) >= 11 is 0. The van der Waals surface area contributed by atoms with E-state index in [1.807, 2.05) is 0 Å².